The van der Waals surface area contributed by atoms with Crippen LogP contribution in [0.25, 0.3) is 0 Å². The fraction of sp³-hybridized carbons (Fsp3) is 0.429. The van der Waals surface area contributed by atoms with Crippen molar-refractivity contribution >= 4 is 10.0 Å². The third-order valence-electron chi connectivity index (χ3n) is 4.83. The lowest BCUT2D eigenvalue weighted by molar-refractivity contribution is 0.0730. The van der Waals surface area contributed by atoms with Crippen molar-refractivity contribution in [3.8, 4) is 5.75 Å². The fourth-order valence-electron chi connectivity index (χ4n) is 3.07. The number of hydrogen-bond donors (Lipinski definition) is 2. The molecule has 2 N–H and O–H groups in total. The number of nitrogens with one attached hydrogen (secondary N) is 1. The monoisotopic (exact) mass is 420 g/mol. The molecule has 0 aliphatic carbocycles. The summed E-state index contributed by atoms with van der Waals surface area (Å²) >= 11 is 0. The van der Waals surface area contributed by atoms with Gasteiger partial charge >= 0.3 is 0 Å². The van der Waals surface area contributed by atoms with Gasteiger partial charge in [0.2, 0.25) is 10.0 Å². The van der Waals surface area contributed by atoms with Crippen LogP contribution in [-0.2, 0) is 14.8 Å². The molecule has 0 radical (unpaired) electrons. The topological polar surface area (TPSA) is 88.1 Å². The number of rotatable bonds is 9. The first kappa shape index (κ1) is 21.7. The highest BCUT2D eigenvalue weighted by molar-refractivity contribution is 7.89. The third-order valence-corrected chi connectivity index (χ3v) is 6.75. The Morgan fingerprint density at radius 2 is 1.76 bits per heavy atom. The second-order valence-electron chi connectivity index (χ2n) is 6.99. The van der Waals surface area contributed by atoms with E-state index in [-0.39, 0.29) is 17.5 Å². The van der Waals surface area contributed by atoms with Gasteiger partial charge in [0.25, 0.3) is 0 Å². The Morgan fingerprint density at radius 3 is 2.41 bits per heavy atom. The molecule has 1 saturated heterocycles. The average molecular weight is 421 g/mol. The maximum absolute atomic E-state index is 12.6. The van der Waals surface area contributed by atoms with Gasteiger partial charge in [0, 0.05) is 25.7 Å². The molecule has 2 aromatic rings. The first-order chi connectivity index (χ1) is 14.0. The summed E-state index contributed by atoms with van der Waals surface area (Å²) in [7, 11) is -3.52. The Bertz CT molecular complexity index is 852. The Balaban J connectivity index is 1.47. The molecule has 2 atom stereocenters. The number of morpholine rings is 1. The molecule has 1 fully saturated rings. The van der Waals surface area contributed by atoms with Crippen molar-refractivity contribution in [1.29, 1.82) is 0 Å². The van der Waals surface area contributed by atoms with E-state index in [2.05, 4.69) is 5.32 Å². The van der Waals surface area contributed by atoms with Gasteiger partial charge < -0.3 is 19.9 Å². The number of nitrogens with zero attached hydrogens (tertiary/aromatic N) is 1. The van der Waals surface area contributed by atoms with Crippen LogP contribution in [0.3, 0.4) is 0 Å². The standard InChI is InChI=1S/C21H28N2O5S/c1-17(18-5-3-2-4-6-18)22-15-19(24)16-28-20-7-9-21(10-8-20)29(25,26)23-11-13-27-14-12-23/h2-10,17,19,22,24H,11-16H2,1H3/t17-,19-/m1/s1. The Kier molecular flexibility index (Phi) is 7.63. The molecule has 1 aliphatic heterocycles. The lowest BCUT2D eigenvalue weighted by Crippen LogP contribution is -2.40. The molecule has 0 spiro atoms. The molecule has 8 heteroatoms. The predicted molar refractivity (Wildman–Crippen MR) is 110 cm³/mol. The van der Waals surface area contributed by atoms with Crippen LogP contribution < -0.4 is 10.1 Å². The molecule has 7 nitrogen and oxygen atoms in total. The molecule has 3 rings (SSSR count). The largest absolute Gasteiger partial charge is 0.491 e. The molecule has 0 unspecified atom stereocenters. The smallest absolute Gasteiger partial charge is 0.243 e. The van der Waals surface area contributed by atoms with Gasteiger partial charge in [0.05, 0.1) is 18.1 Å². The number of ether oxygens (including phenoxy) is 2. The van der Waals surface area contributed by atoms with Crippen LogP contribution in [0.2, 0.25) is 0 Å². The minimum atomic E-state index is -3.52. The molecular formula is C21H28N2O5S. The van der Waals surface area contributed by atoms with Gasteiger partial charge in [-0.2, -0.15) is 4.31 Å². The molecule has 1 heterocycles. The Labute approximate surface area is 172 Å². The van der Waals surface area contributed by atoms with E-state index >= 15 is 0 Å². The summed E-state index contributed by atoms with van der Waals surface area (Å²) in [4.78, 5) is 0.227. The molecule has 158 valence electrons. The van der Waals surface area contributed by atoms with Crippen molar-refractivity contribution in [2.45, 2.75) is 24.0 Å². The maximum Gasteiger partial charge on any atom is 0.243 e. The normalized spacial score (nSPS) is 17.6. The molecule has 2 aromatic carbocycles. The highest BCUT2D eigenvalue weighted by atomic mass is 32.2. The number of aliphatic hydroxyl groups is 1. The summed E-state index contributed by atoms with van der Waals surface area (Å²) in [6.45, 7) is 4.09. The maximum atomic E-state index is 12.6. The van der Waals surface area contributed by atoms with Gasteiger partial charge in [-0.25, -0.2) is 8.42 Å². The van der Waals surface area contributed by atoms with Crippen LogP contribution in [0, 0.1) is 0 Å². The third kappa shape index (κ3) is 6.01. The SMILES string of the molecule is C[C@@H](NC[C@@H](O)COc1ccc(S(=O)(=O)N2CCOCC2)cc1)c1ccccc1. The van der Waals surface area contributed by atoms with E-state index in [0.29, 0.717) is 38.6 Å². The molecular weight excluding hydrogens is 392 g/mol. The summed E-state index contributed by atoms with van der Waals surface area (Å²) in [5, 5.41) is 13.4. The molecule has 0 bridgehead atoms. The highest BCUT2D eigenvalue weighted by Gasteiger charge is 2.26. The van der Waals surface area contributed by atoms with E-state index in [0.717, 1.165) is 5.56 Å². The quantitative estimate of drug-likeness (QED) is 0.643. The van der Waals surface area contributed by atoms with Gasteiger partial charge in [-0.1, -0.05) is 30.3 Å². The van der Waals surface area contributed by atoms with Crippen LogP contribution >= 0.6 is 0 Å². The number of aliphatic hydroxyl groups excluding tert-OH is 1. The zero-order valence-corrected chi connectivity index (χ0v) is 17.3. The molecule has 1 aliphatic rings. The first-order valence-electron chi connectivity index (χ1n) is 9.74. The van der Waals surface area contributed by atoms with Crippen LogP contribution in [0.15, 0.2) is 59.5 Å². The Hall–Kier alpha value is -1.97. The minimum Gasteiger partial charge on any atom is -0.491 e. The average Bonchev–Trinajstić information content (AvgIpc) is 2.77. The van der Waals surface area contributed by atoms with E-state index in [1.807, 2.05) is 37.3 Å². The number of hydrogen-bond acceptors (Lipinski definition) is 6. The van der Waals surface area contributed by atoms with Crippen molar-refractivity contribution in [3.63, 3.8) is 0 Å². The van der Waals surface area contributed by atoms with E-state index < -0.39 is 16.1 Å². The van der Waals surface area contributed by atoms with Crippen molar-refractivity contribution in [2.24, 2.45) is 0 Å². The zero-order chi connectivity index (χ0) is 20.7. The molecule has 0 aromatic heterocycles. The van der Waals surface area contributed by atoms with Gasteiger partial charge in [0.15, 0.2) is 0 Å². The summed E-state index contributed by atoms with van der Waals surface area (Å²) < 4.78 is 37.5. The van der Waals surface area contributed by atoms with Crippen molar-refractivity contribution in [3.05, 3.63) is 60.2 Å². The summed E-state index contributed by atoms with van der Waals surface area (Å²) in [6.07, 6.45) is -0.682. The first-order valence-corrected chi connectivity index (χ1v) is 11.2. The molecule has 0 amide bonds. The van der Waals surface area contributed by atoms with Gasteiger partial charge in [-0.15, -0.1) is 0 Å². The van der Waals surface area contributed by atoms with E-state index in [4.69, 9.17) is 9.47 Å². The van der Waals surface area contributed by atoms with Crippen LogP contribution in [0.1, 0.15) is 18.5 Å². The van der Waals surface area contributed by atoms with Crippen molar-refractivity contribution in [2.75, 3.05) is 39.5 Å². The number of benzene rings is 2. The van der Waals surface area contributed by atoms with Crippen LogP contribution in [0.4, 0.5) is 0 Å². The van der Waals surface area contributed by atoms with E-state index in [1.54, 1.807) is 12.1 Å². The summed E-state index contributed by atoms with van der Waals surface area (Å²) in [5.41, 5.74) is 1.15. The van der Waals surface area contributed by atoms with Gasteiger partial charge in [-0.3, -0.25) is 0 Å². The Morgan fingerprint density at radius 1 is 1.10 bits per heavy atom. The van der Waals surface area contributed by atoms with Gasteiger partial charge in [-0.05, 0) is 36.8 Å². The molecule has 0 saturated carbocycles. The van der Waals surface area contributed by atoms with E-state index in [9.17, 15) is 13.5 Å². The summed E-state index contributed by atoms with van der Waals surface area (Å²) in [5.74, 6) is 0.515. The summed E-state index contributed by atoms with van der Waals surface area (Å²) in [6, 6.07) is 16.4. The lowest BCUT2D eigenvalue weighted by Gasteiger charge is -2.26. The minimum absolute atomic E-state index is 0.115. The second kappa shape index (κ2) is 10.2. The van der Waals surface area contributed by atoms with Crippen molar-refractivity contribution in [1.82, 2.24) is 9.62 Å². The predicted octanol–water partition coefficient (Wildman–Crippen LogP) is 1.80. The van der Waals surface area contributed by atoms with E-state index in [1.165, 1.54) is 16.4 Å². The van der Waals surface area contributed by atoms with Crippen LogP contribution in [-0.4, -0.2) is 63.4 Å². The lowest BCUT2D eigenvalue weighted by atomic mass is 10.1. The van der Waals surface area contributed by atoms with Crippen LogP contribution in [0.5, 0.6) is 5.75 Å². The zero-order valence-electron chi connectivity index (χ0n) is 16.5. The molecule has 29 heavy (non-hydrogen) atoms. The highest BCUT2D eigenvalue weighted by Crippen LogP contribution is 2.20. The second-order valence-corrected chi connectivity index (χ2v) is 8.93. The fourth-order valence-corrected chi connectivity index (χ4v) is 4.48. The van der Waals surface area contributed by atoms with Crippen molar-refractivity contribution < 1.29 is 23.0 Å². The number of sulfonamides is 1. The van der Waals surface area contributed by atoms with Gasteiger partial charge in [0.1, 0.15) is 18.5 Å².